The Morgan fingerprint density at radius 2 is 2.25 bits per heavy atom. The van der Waals surface area contributed by atoms with Crippen LogP contribution in [0.3, 0.4) is 0 Å². The van der Waals surface area contributed by atoms with Gasteiger partial charge in [-0.25, -0.2) is 4.99 Å². The maximum Gasteiger partial charge on any atom is 0.220 e. The van der Waals surface area contributed by atoms with Crippen LogP contribution >= 0.6 is 15.9 Å². The quantitative estimate of drug-likeness (QED) is 0.907. The molecule has 1 N–H and O–H groups in total. The van der Waals surface area contributed by atoms with Crippen molar-refractivity contribution in [2.75, 3.05) is 6.61 Å². The van der Waals surface area contributed by atoms with Crippen molar-refractivity contribution in [2.24, 2.45) is 10.9 Å². The number of ether oxygens (including phenoxy) is 1. The molecular weight excluding hydrogens is 270 g/mol. The van der Waals surface area contributed by atoms with Gasteiger partial charge in [-0.2, -0.15) is 0 Å². The third kappa shape index (κ3) is 2.21. The molecule has 3 nitrogen and oxygen atoms in total. The van der Waals surface area contributed by atoms with Crippen molar-refractivity contribution in [3.05, 3.63) is 28.2 Å². The second kappa shape index (κ2) is 4.45. The Morgan fingerprint density at radius 1 is 1.50 bits per heavy atom. The standard InChI is InChI=1S/C12H14BrNO2/c1-7(2)10-6-16-12(14-10)9-5-8(13)3-4-11(9)15/h3-5,7,10,15H,6H2,1-2H3/t10-/m1/s1. The molecule has 0 saturated carbocycles. The van der Waals surface area contributed by atoms with Crippen molar-refractivity contribution < 1.29 is 9.84 Å². The third-order valence-corrected chi connectivity index (χ3v) is 3.13. The molecule has 16 heavy (non-hydrogen) atoms. The van der Waals surface area contributed by atoms with E-state index in [1.54, 1.807) is 12.1 Å². The fraction of sp³-hybridized carbons (Fsp3) is 0.417. The lowest BCUT2D eigenvalue weighted by Crippen LogP contribution is -2.13. The van der Waals surface area contributed by atoms with Crippen molar-refractivity contribution in [3.63, 3.8) is 0 Å². The lowest BCUT2D eigenvalue weighted by atomic mass is 10.1. The zero-order valence-electron chi connectivity index (χ0n) is 9.27. The predicted octanol–water partition coefficient (Wildman–Crippen LogP) is 2.96. The first-order chi connectivity index (χ1) is 7.58. The van der Waals surface area contributed by atoms with E-state index >= 15 is 0 Å². The summed E-state index contributed by atoms with van der Waals surface area (Å²) in [4.78, 5) is 4.47. The van der Waals surface area contributed by atoms with Crippen LogP contribution in [0.15, 0.2) is 27.7 Å². The van der Waals surface area contributed by atoms with Crippen LogP contribution in [0.1, 0.15) is 19.4 Å². The summed E-state index contributed by atoms with van der Waals surface area (Å²) in [6, 6.07) is 5.42. The molecule has 0 amide bonds. The Bertz CT molecular complexity index is 429. The summed E-state index contributed by atoms with van der Waals surface area (Å²) in [5.41, 5.74) is 0.650. The second-order valence-corrected chi connectivity index (χ2v) is 5.13. The molecule has 1 heterocycles. The van der Waals surface area contributed by atoms with Crippen LogP contribution in [-0.2, 0) is 4.74 Å². The highest BCUT2D eigenvalue weighted by Crippen LogP contribution is 2.26. The number of aromatic hydroxyl groups is 1. The maximum absolute atomic E-state index is 9.74. The minimum atomic E-state index is 0.188. The van der Waals surface area contributed by atoms with Gasteiger partial charge in [0.2, 0.25) is 5.90 Å². The zero-order chi connectivity index (χ0) is 11.7. The summed E-state index contributed by atoms with van der Waals surface area (Å²) in [6.45, 7) is 4.82. The van der Waals surface area contributed by atoms with Gasteiger partial charge in [0.1, 0.15) is 12.4 Å². The Kier molecular flexibility index (Phi) is 3.19. The number of phenols is 1. The molecule has 0 radical (unpaired) electrons. The topological polar surface area (TPSA) is 41.8 Å². The lowest BCUT2D eigenvalue weighted by molar-refractivity contribution is 0.291. The molecule has 0 aliphatic carbocycles. The SMILES string of the molecule is CC(C)[C@H]1COC(c2cc(Br)ccc2O)=N1. The first kappa shape index (κ1) is 11.5. The van der Waals surface area contributed by atoms with Gasteiger partial charge in [0, 0.05) is 4.47 Å². The van der Waals surface area contributed by atoms with Gasteiger partial charge in [-0.05, 0) is 24.1 Å². The van der Waals surface area contributed by atoms with Crippen LogP contribution in [0, 0.1) is 5.92 Å². The smallest absolute Gasteiger partial charge is 0.220 e. The first-order valence-electron chi connectivity index (χ1n) is 5.27. The fourth-order valence-electron chi connectivity index (χ4n) is 1.56. The molecule has 0 aromatic heterocycles. The fourth-order valence-corrected chi connectivity index (χ4v) is 1.92. The molecule has 0 bridgehead atoms. The Balaban J connectivity index is 2.32. The second-order valence-electron chi connectivity index (χ2n) is 4.22. The Hall–Kier alpha value is -1.03. The lowest BCUT2D eigenvalue weighted by Gasteiger charge is -2.06. The largest absolute Gasteiger partial charge is 0.507 e. The Morgan fingerprint density at radius 3 is 2.88 bits per heavy atom. The Labute approximate surface area is 103 Å². The van der Waals surface area contributed by atoms with Crippen molar-refractivity contribution in [3.8, 4) is 5.75 Å². The van der Waals surface area contributed by atoms with E-state index < -0.39 is 0 Å². The molecular formula is C12H14BrNO2. The van der Waals surface area contributed by atoms with Gasteiger partial charge in [-0.3, -0.25) is 0 Å². The van der Waals surface area contributed by atoms with E-state index in [1.165, 1.54) is 0 Å². The molecule has 0 spiro atoms. The number of hydrogen-bond donors (Lipinski definition) is 1. The van der Waals surface area contributed by atoms with Crippen molar-refractivity contribution in [1.82, 2.24) is 0 Å². The first-order valence-corrected chi connectivity index (χ1v) is 6.06. The molecule has 0 unspecified atom stereocenters. The van der Waals surface area contributed by atoms with E-state index in [4.69, 9.17) is 4.74 Å². The molecule has 1 aromatic rings. The van der Waals surface area contributed by atoms with Gasteiger partial charge in [-0.15, -0.1) is 0 Å². The van der Waals surface area contributed by atoms with Crippen LogP contribution in [0.5, 0.6) is 5.75 Å². The summed E-state index contributed by atoms with van der Waals surface area (Å²) in [5.74, 6) is 1.19. The predicted molar refractivity (Wildman–Crippen MR) is 66.9 cm³/mol. The van der Waals surface area contributed by atoms with Gasteiger partial charge in [0.25, 0.3) is 0 Å². The van der Waals surface area contributed by atoms with Gasteiger partial charge in [-0.1, -0.05) is 29.8 Å². The van der Waals surface area contributed by atoms with Crippen LogP contribution in [0.2, 0.25) is 0 Å². The highest BCUT2D eigenvalue weighted by Gasteiger charge is 2.24. The van der Waals surface area contributed by atoms with Gasteiger partial charge >= 0.3 is 0 Å². The average Bonchev–Trinajstić information content (AvgIpc) is 2.70. The average molecular weight is 284 g/mol. The van der Waals surface area contributed by atoms with E-state index in [-0.39, 0.29) is 11.8 Å². The van der Waals surface area contributed by atoms with Gasteiger partial charge in [0.15, 0.2) is 0 Å². The van der Waals surface area contributed by atoms with Crippen LogP contribution in [-0.4, -0.2) is 23.7 Å². The van der Waals surface area contributed by atoms with Crippen molar-refractivity contribution in [2.45, 2.75) is 19.9 Å². The third-order valence-electron chi connectivity index (χ3n) is 2.63. The van der Waals surface area contributed by atoms with E-state index in [0.717, 1.165) is 4.47 Å². The van der Waals surface area contributed by atoms with E-state index in [0.29, 0.717) is 24.0 Å². The summed E-state index contributed by atoms with van der Waals surface area (Å²) in [5, 5.41) is 9.74. The van der Waals surface area contributed by atoms with Crippen molar-refractivity contribution >= 4 is 21.8 Å². The molecule has 2 rings (SSSR count). The molecule has 1 aromatic carbocycles. The number of nitrogens with zero attached hydrogens (tertiary/aromatic N) is 1. The van der Waals surface area contributed by atoms with Crippen molar-refractivity contribution in [1.29, 1.82) is 0 Å². The normalized spacial score (nSPS) is 19.8. The summed E-state index contributed by atoms with van der Waals surface area (Å²) in [6.07, 6.45) is 0. The molecule has 0 saturated heterocycles. The summed E-state index contributed by atoms with van der Waals surface area (Å²) in [7, 11) is 0. The minimum absolute atomic E-state index is 0.188. The highest BCUT2D eigenvalue weighted by molar-refractivity contribution is 9.10. The van der Waals surface area contributed by atoms with Crippen LogP contribution < -0.4 is 0 Å². The minimum Gasteiger partial charge on any atom is -0.507 e. The van der Waals surface area contributed by atoms with E-state index in [1.807, 2.05) is 6.07 Å². The number of halogens is 1. The van der Waals surface area contributed by atoms with Gasteiger partial charge < -0.3 is 9.84 Å². The number of rotatable bonds is 2. The number of hydrogen-bond acceptors (Lipinski definition) is 3. The van der Waals surface area contributed by atoms with E-state index in [2.05, 4.69) is 34.8 Å². The molecule has 0 fully saturated rings. The summed E-state index contributed by atoms with van der Waals surface area (Å²) < 4.78 is 6.42. The van der Waals surface area contributed by atoms with Gasteiger partial charge in [0.05, 0.1) is 11.6 Å². The number of phenolic OH excluding ortho intramolecular Hbond substituents is 1. The number of aliphatic imine (C=N–C) groups is 1. The molecule has 4 heteroatoms. The molecule has 86 valence electrons. The van der Waals surface area contributed by atoms with E-state index in [9.17, 15) is 5.11 Å². The molecule has 1 aliphatic heterocycles. The summed E-state index contributed by atoms with van der Waals surface area (Å²) >= 11 is 3.37. The van der Waals surface area contributed by atoms with Crippen LogP contribution in [0.25, 0.3) is 0 Å². The highest BCUT2D eigenvalue weighted by atomic mass is 79.9. The molecule has 1 aliphatic rings. The zero-order valence-corrected chi connectivity index (χ0v) is 10.9. The monoisotopic (exact) mass is 283 g/mol. The van der Waals surface area contributed by atoms with Crippen LogP contribution in [0.4, 0.5) is 0 Å². The molecule has 1 atom stereocenters. The maximum atomic E-state index is 9.74. The number of benzene rings is 1.